The molecular weight excluding hydrogens is 232 g/mol. The predicted molar refractivity (Wildman–Crippen MR) is 63.4 cm³/mol. The second-order valence-corrected chi connectivity index (χ2v) is 3.51. The number of nitrogens with one attached hydrogen (secondary N) is 1. The number of carboxylic acids is 1. The fourth-order valence-electron chi connectivity index (χ4n) is 1.62. The molecule has 16 heavy (non-hydrogen) atoms. The Hall–Kier alpha value is -0.550. The molecule has 0 spiro atoms. The molecule has 0 aliphatic carbocycles. The summed E-state index contributed by atoms with van der Waals surface area (Å²) < 4.78 is 0. The maximum absolute atomic E-state index is 10.6. The Labute approximate surface area is 123 Å². The van der Waals surface area contributed by atoms with Crippen molar-refractivity contribution in [3.8, 4) is 0 Å². The molecule has 4 N–H and O–H groups in total. The normalized spacial score (nSPS) is 12.1. The van der Waals surface area contributed by atoms with Crippen molar-refractivity contribution in [3.05, 3.63) is 36.0 Å². The molecule has 2 radical (unpaired) electrons. The van der Waals surface area contributed by atoms with Gasteiger partial charge < -0.3 is 15.8 Å². The number of hydrogen-bond donors (Lipinski definition) is 3. The molecule has 4 nitrogen and oxygen atoms in total. The molecule has 2 aromatic rings. The smallest absolute Gasteiger partial charge is 0.320 e. The van der Waals surface area contributed by atoms with Gasteiger partial charge in [-0.05, 0) is 11.6 Å². The Kier molecular flexibility index (Phi) is 4.80. The Bertz CT molecular complexity index is 495. The van der Waals surface area contributed by atoms with Gasteiger partial charge in [0.05, 0.1) is 0 Å². The van der Waals surface area contributed by atoms with Crippen LogP contribution in [-0.4, -0.2) is 59.8 Å². The summed E-state index contributed by atoms with van der Waals surface area (Å²) in [5, 5.41) is 9.75. The van der Waals surface area contributed by atoms with Crippen LogP contribution < -0.4 is 5.73 Å². The number of aliphatic carboxylic acids is 1. The van der Waals surface area contributed by atoms with Gasteiger partial charge in [0.1, 0.15) is 6.04 Å². The van der Waals surface area contributed by atoms with Gasteiger partial charge in [0, 0.05) is 61.3 Å². The molecule has 0 amide bonds. The second kappa shape index (κ2) is 5.68. The number of carboxylic acid groups (broad SMARTS) is 1. The van der Waals surface area contributed by atoms with E-state index in [1.807, 2.05) is 30.5 Å². The van der Waals surface area contributed by atoms with Crippen LogP contribution in [0.15, 0.2) is 30.5 Å². The Morgan fingerprint density at radius 1 is 1.44 bits per heavy atom. The number of carbonyl (C=O) groups is 1. The van der Waals surface area contributed by atoms with Gasteiger partial charge in [-0.3, -0.25) is 4.79 Å². The Morgan fingerprint density at radius 2 is 2.12 bits per heavy atom. The van der Waals surface area contributed by atoms with Crippen LogP contribution >= 0.6 is 0 Å². The van der Waals surface area contributed by atoms with Crippen LogP contribution in [0.25, 0.3) is 10.9 Å². The number of para-hydroxylation sites is 1. The molecular formula is C11H12CaN2O2. The summed E-state index contributed by atoms with van der Waals surface area (Å²) in [6.07, 6.45) is 2.16. The van der Waals surface area contributed by atoms with Crippen molar-refractivity contribution in [1.29, 1.82) is 0 Å². The largest absolute Gasteiger partial charge is 0.480 e. The van der Waals surface area contributed by atoms with Gasteiger partial charge in [0.25, 0.3) is 0 Å². The van der Waals surface area contributed by atoms with Crippen LogP contribution in [0.2, 0.25) is 0 Å². The zero-order chi connectivity index (χ0) is 10.8. The van der Waals surface area contributed by atoms with Crippen molar-refractivity contribution in [2.24, 2.45) is 5.73 Å². The molecule has 0 aliphatic rings. The number of aromatic nitrogens is 1. The quantitative estimate of drug-likeness (QED) is 0.697. The first-order chi connectivity index (χ1) is 7.18. The Morgan fingerprint density at radius 3 is 2.81 bits per heavy atom. The molecule has 1 aromatic heterocycles. The minimum atomic E-state index is -0.972. The zero-order valence-corrected chi connectivity index (χ0v) is 11.0. The maximum Gasteiger partial charge on any atom is 0.320 e. The fourth-order valence-corrected chi connectivity index (χ4v) is 1.62. The minimum absolute atomic E-state index is 0. The SMILES string of the molecule is N[C@@H](Cc1c[nH]c2ccccc12)C(=O)O.[Ca]. The summed E-state index contributed by atoms with van der Waals surface area (Å²) in [7, 11) is 0. The van der Waals surface area contributed by atoms with Crippen molar-refractivity contribution in [3.63, 3.8) is 0 Å². The van der Waals surface area contributed by atoms with Gasteiger partial charge >= 0.3 is 5.97 Å². The first-order valence-electron chi connectivity index (χ1n) is 4.72. The number of fused-ring (bicyclic) bond motifs is 1. The number of hydrogen-bond acceptors (Lipinski definition) is 2. The first-order valence-corrected chi connectivity index (χ1v) is 4.72. The molecule has 0 saturated carbocycles. The fraction of sp³-hybridized carbons (Fsp3) is 0.182. The third-order valence-corrected chi connectivity index (χ3v) is 2.43. The van der Waals surface area contributed by atoms with E-state index >= 15 is 0 Å². The van der Waals surface area contributed by atoms with Gasteiger partial charge in [0.15, 0.2) is 0 Å². The van der Waals surface area contributed by atoms with Gasteiger partial charge in [-0.2, -0.15) is 0 Å². The van der Waals surface area contributed by atoms with E-state index in [1.54, 1.807) is 0 Å². The minimum Gasteiger partial charge on any atom is -0.480 e. The molecule has 1 atom stereocenters. The van der Waals surface area contributed by atoms with Crippen LogP contribution in [0.5, 0.6) is 0 Å². The standard InChI is InChI=1S/C11H12N2O2.Ca/c12-9(11(14)15)5-7-6-13-10-4-2-1-3-8(7)10;/h1-4,6,9,13H,5,12H2,(H,14,15);/t9-;/m0./s1. The van der Waals surface area contributed by atoms with Crippen molar-refractivity contribution >= 4 is 54.6 Å². The van der Waals surface area contributed by atoms with E-state index in [1.165, 1.54) is 0 Å². The molecule has 0 fully saturated rings. The average Bonchev–Trinajstić information content (AvgIpc) is 2.62. The number of rotatable bonds is 3. The number of nitrogens with two attached hydrogens (primary N) is 1. The molecule has 0 bridgehead atoms. The third kappa shape index (κ3) is 2.77. The van der Waals surface area contributed by atoms with Crippen molar-refractivity contribution in [1.82, 2.24) is 4.98 Å². The van der Waals surface area contributed by atoms with Gasteiger partial charge in [-0.25, -0.2) is 0 Å². The van der Waals surface area contributed by atoms with Crippen molar-refractivity contribution in [2.45, 2.75) is 12.5 Å². The molecule has 2 rings (SSSR count). The number of benzene rings is 1. The summed E-state index contributed by atoms with van der Waals surface area (Å²) in [5.74, 6) is -0.972. The zero-order valence-electron chi connectivity index (χ0n) is 8.81. The first kappa shape index (κ1) is 13.5. The van der Waals surface area contributed by atoms with Crippen molar-refractivity contribution in [2.75, 3.05) is 0 Å². The summed E-state index contributed by atoms with van der Waals surface area (Å²) in [6.45, 7) is 0. The van der Waals surface area contributed by atoms with E-state index in [-0.39, 0.29) is 37.7 Å². The van der Waals surface area contributed by atoms with Crippen LogP contribution in [0.1, 0.15) is 5.56 Å². The summed E-state index contributed by atoms with van der Waals surface area (Å²) in [5.41, 5.74) is 7.43. The molecule has 5 heteroatoms. The van der Waals surface area contributed by atoms with E-state index < -0.39 is 12.0 Å². The molecule has 1 heterocycles. The van der Waals surface area contributed by atoms with Gasteiger partial charge in [0.2, 0.25) is 0 Å². The summed E-state index contributed by atoms with van der Waals surface area (Å²) in [4.78, 5) is 13.7. The number of aromatic amines is 1. The van der Waals surface area contributed by atoms with E-state index in [0.717, 1.165) is 16.5 Å². The average molecular weight is 244 g/mol. The summed E-state index contributed by atoms with van der Waals surface area (Å²) in [6, 6.07) is 6.91. The summed E-state index contributed by atoms with van der Waals surface area (Å²) >= 11 is 0. The molecule has 80 valence electrons. The van der Waals surface area contributed by atoms with E-state index in [0.29, 0.717) is 6.42 Å². The molecule has 0 saturated heterocycles. The second-order valence-electron chi connectivity index (χ2n) is 3.51. The van der Waals surface area contributed by atoms with Crippen LogP contribution in [0.4, 0.5) is 0 Å². The van der Waals surface area contributed by atoms with Crippen LogP contribution in [0.3, 0.4) is 0 Å². The number of H-pyrrole nitrogens is 1. The van der Waals surface area contributed by atoms with Gasteiger partial charge in [-0.1, -0.05) is 18.2 Å². The van der Waals surface area contributed by atoms with E-state index in [4.69, 9.17) is 10.8 Å². The predicted octanol–water partition coefficient (Wildman–Crippen LogP) is 0.742. The van der Waals surface area contributed by atoms with Gasteiger partial charge in [-0.15, -0.1) is 0 Å². The van der Waals surface area contributed by atoms with Crippen LogP contribution in [0, 0.1) is 0 Å². The van der Waals surface area contributed by atoms with E-state index in [9.17, 15) is 4.79 Å². The third-order valence-electron chi connectivity index (χ3n) is 2.43. The molecule has 1 aromatic carbocycles. The maximum atomic E-state index is 10.6. The molecule has 0 unspecified atom stereocenters. The Balaban J connectivity index is 0.00000128. The van der Waals surface area contributed by atoms with E-state index in [2.05, 4.69) is 4.98 Å². The monoisotopic (exact) mass is 244 g/mol. The van der Waals surface area contributed by atoms with Crippen LogP contribution in [-0.2, 0) is 11.2 Å². The topological polar surface area (TPSA) is 79.1 Å². The molecule has 0 aliphatic heterocycles. The van der Waals surface area contributed by atoms with Crippen molar-refractivity contribution < 1.29 is 9.90 Å².